The Morgan fingerprint density at radius 2 is 1.87 bits per heavy atom. The lowest BCUT2D eigenvalue weighted by atomic mass is 10.2. The van der Waals surface area contributed by atoms with Crippen LogP contribution in [0.25, 0.3) is 27.6 Å². The molecule has 150 valence electrons. The SMILES string of the molecule is Cc1nc2ccccc2n1CCCNC(=O)c1cnn2c1[nH]c(=O)c1ccccc12. The third-order valence-electron chi connectivity index (χ3n) is 5.31. The summed E-state index contributed by atoms with van der Waals surface area (Å²) in [6.45, 7) is 3.24. The van der Waals surface area contributed by atoms with Crippen LogP contribution in [0.4, 0.5) is 0 Å². The molecule has 0 atom stereocenters. The van der Waals surface area contributed by atoms with Gasteiger partial charge in [0.25, 0.3) is 11.5 Å². The lowest BCUT2D eigenvalue weighted by molar-refractivity contribution is 0.0954. The number of hydrogen-bond donors (Lipinski definition) is 2. The summed E-state index contributed by atoms with van der Waals surface area (Å²) in [4.78, 5) is 32.4. The monoisotopic (exact) mass is 400 g/mol. The summed E-state index contributed by atoms with van der Waals surface area (Å²) in [7, 11) is 0. The normalized spacial score (nSPS) is 11.5. The molecule has 0 aliphatic heterocycles. The lowest BCUT2D eigenvalue weighted by Crippen LogP contribution is -2.25. The number of benzene rings is 2. The molecule has 3 aromatic heterocycles. The third-order valence-corrected chi connectivity index (χ3v) is 5.31. The summed E-state index contributed by atoms with van der Waals surface area (Å²) < 4.78 is 3.74. The molecule has 30 heavy (non-hydrogen) atoms. The van der Waals surface area contributed by atoms with Crippen LogP contribution in [-0.2, 0) is 6.54 Å². The number of H-pyrrole nitrogens is 1. The molecular weight excluding hydrogens is 380 g/mol. The van der Waals surface area contributed by atoms with Crippen molar-refractivity contribution in [3.05, 3.63) is 76.5 Å². The van der Waals surface area contributed by atoms with E-state index in [0.717, 1.165) is 29.8 Å². The fourth-order valence-corrected chi connectivity index (χ4v) is 3.86. The number of nitrogens with one attached hydrogen (secondary N) is 2. The molecule has 5 aromatic rings. The Balaban J connectivity index is 1.32. The van der Waals surface area contributed by atoms with Crippen LogP contribution >= 0.6 is 0 Å². The maximum absolute atomic E-state index is 12.7. The molecule has 0 saturated heterocycles. The molecule has 0 fully saturated rings. The Hall–Kier alpha value is -3.94. The van der Waals surface area contributed by atoms with Crippen molar-refractivity contribution in [1.29, 1.82) is 0 Å². The second-order valence-corrected chi connectivity index (χ2v) is 7.20. The second-order valence-electron chi connectivity index (χ2n) is 7.20. The van der Waals surface area contributed by atoms with Crippen LogP contribution in [0.5, 0.6) is 0 Å². The number of carbonyl (C=O) groups is 1. The highest BCUT2D eigenvalue weighted by atomic mass is 16.2. The molecule has 8 heteroatoms. The van der Waals surface area contributed by atoms with Crippen molar-refractivity contribution < 1.29 is 4.79 Å². The van der Waals surface area contributed by atoms with Crippen molar-refractivity contribution in [2.45, 2.75) is 19.9 Å². The number of aromatic amines is 1. The van der Waals surface area contributed by atoms with E-state index in [-0.39, 0.29) is 11.5 Å². The quantitative estimate of drug-likeness (QED) is 0.443. The Morgan fingerprint density at radius 3 is 2.73 bits per heavy atom. The summed E-state index contributed by atoms with van der Waals surface area (Å²) in [5, 5.41) is 7.75. The van der Waals surface area contributed by atoms with E-state index < -0.39 is 0 Å². The predicted molar refractivity (Wildman–Crippen MR) is 115 cm³/mol. The zero-order valence-corrected chi connectivity index (χ0v) is 16.4. The van der Waals surface area contributed by atoms with Crippen molar-refractivity contribution in [2.24, 2.45) is 0 Å². The molecular formula is C22H20N6O2. The maximum Gasteiger partial charge on any atom is 0.259 e. The van der Waals surface area contributed by atoms with Crippen LogP contribution in [0.2, 0.25) is 0 Å². The van der Waals surface area contributed by atoms with Crippen LogP contribution in [0.3, 0.4) is 0 Å². The van der Waals surface area contributed by atoms with Crippen LogP contribution in [0.15, 0.2) is 59.5 Å². The van der Waals surface area contributed by atoms with Gasteiger partial charge < -0.3 is 14.9 Å². The Kier molecular flexibility index (Phi) is 4.31. The van der Waals surface area contributed by atoms with E-state index in [2.05, 4.69) is 25.0 Å². The Labute approximate surface area is 171 Å². The van der Waals surface area contributed by atoms with Gasteiger partial charge in [-0.2, -0.15) is 5.10 Å². The second kappa shape index (κ2) is 7.14. The maximum atomic E-state index is 12.7. The fourth-order valence-electron chi connectivity index (χ4n) is 3.86. The van der Waals surface area contributed by atoms with E-state index >= 15 is 0 Å². The molecule has 2 N–H and O–H groups in total. The summed E-state index contributed by atoms with van der Waals surface area (Å²) in [5.41, 5.74) is 3.23. The van der Waals surface area contributed by atoms with Crippen LogP contribution in [0.1, 0.15) is 22.6 Å². The number of imidazole rings is 1. The number of aryl methyl sites for hydroxylation is 2. The van der Waals surface area contributed by atoms with Gasteiger partial charge in [0.15, 0.2) is 0 Å². The van der Waals surface area contributed by atoms with Gasteiger partial charge in [-0.15, -0.1) is 0 Å². The van der Waals surface area contributed by atoms with Crippen molar-refractivity contribution >= 4 is 33.5 Å². The molecule has 0 bridgehead atoms. The standard InChI is InChI=1S/C22H20N6O2/c1-14-25-17-8-3-5-10-19(17)27(14)12-6-11-23-21(29)16-13-24-28-18-9-4-2-7-15(18)22(30)26-20(16)28/h2-5,7-10,13H,6,11-12H2,1H3,(H,23,29)(H,26,30). The zero-order chi connectivity index (χ0) is 20.7. The molecule has 0 unspecified atom stereocenters. The number of carbonyl (C=O) groups excluding carboxylic acids is 1. The average molecular weight is 400 g/mol. The average Bonchev–Trinajstić information content (AvgIpc) is 3.32. The highest BCUT2D eigenvalue weighted by Gasteiger charge is 2.16. The van der Waals surface area contributed by atoms with Gasteiger partial charge in [0, 0.05) is 13.1 Å². The number of nitrogens with zero attached hydrogens (tertiary/aromatic N) is 4. The first-order chi connectivity index (χ1) is 14.6. The van der Waals surface area contributed by atoms with Crippen molar-refractivity contribution in [1.82, 2.24) is 29.5 Å². The van der Waals surface area contributed by atoms with Gasteiger partial charge >= 0.3 is 0 Å². The number of aromatic nitrogens is 5. The van der Waals surface area contributed by atoms with Gasteiger partial charge in [0.05, 0.1) is 28.1 Å². The highest BCUT2D eigenvalue weighted by molar-refractivity contribution is 6.00. The molecule has 0 saturated carbocycles. The van der Waals surface area contributed by atoms with Crippen LogP contribution < -0.4 is 10.9 Å². The minimum absolute atomic E-state index is 0.241. The molecule has 5 rings (SSSR count). The smallest absolute Gasteiger partial charge is 0.259 e. The van der Waals surface area contributed by atoms with Gasteiger partial charge in [0.1, 0.15) is 17.0 Å². The number of fused-ring (bicyclic) bond motifs is 4. The van der Waals surface area contributed by atoms with Gasteiger partial charge in [-0.3, -0.25) is 9.59 Å². The number of amides is 1. The molecule has 2 aromatic carbocycles. The van der Waals surface area contributed by atoms with Crippen LogP contribution in [-0.4, -0.2) is 36.6 Å². The van der Waals surface area contributed by atoms with Gasteiger partial charge in [-0.25, -0.2) is 9.50 Å². The third kappa shape index (κ3) is 2.93. The van der Waals surface area contributed by atoms with E-state index in [1.165, 1.54) is 6.20 Å². The van der Waals surface area contributed by atoms with Crippen molar-refractivity contribution in [2.75, 3.05) is 6.54 Å². The Bertz CT molecular complexity index is 1460. The highest BCUT2D eigenvalue weighted by Crippen LogP contribution is 2.16. The van der Waals surface area contributed by atoms with E-state index in [4.69, 9.17) is 0 Å². The van der Waals surface area contributed by atoms with E-state index in [9.17, 15) is 9.59 Å². The van der Waals surface area contributed by atoms with E-state index in [1.54, 1.807) is 16.6 Å². The van der Waals surface area contributed by atoms with Crippen molar-refractivity contribution in [3.63, 3.8) is 0 Å². The van der Waals surface area contributed by atoms with Crippen molar-refractivity contribution in [3.8, 4) is 0 Å². The van der Waals surface area contributed by atoms with E-state index in [0.29, 0.717) is 28.7 Å². The van der Waals surface area contributed by atoms with Gasteiger partial charge in [-0.1, -0.05) is 24.3 Å². The first kappa shape index (κ1) is 18.1. The first-order valence-corrected chi connectivity index (χ1v) is 9.82. The molecule has 1 amide bonds. The number of rotatable bonds is 5. The largest absolute Gasteiger partial charge is 0.352 e. The molecule has 0 aliphatic rings. The summed E-state index contributed by atoms with van der Waals surface area (Å²) in [6, 6.07) is 15.2. The minimum atomic E-state index is -0.261. The van der Waals surface area contributed by atoms with E-state index in [1.807, 2.05) is 43.3 Å². The van der Waals surface area contributed by atoms with Gasteiger partial charge in [-0.05, 0) is 37.6 Å². The fraction of sp³-hybridized carbons (Fsp3) is 0.182. The molecule has 3 heterocycles. The summed E-state index contributed by atoms with van der Waals surface area (Å²) >= 11 is 0. The molecule has 8 nitrogen and oxygen atoms in total. The molecule has 0 spiro atoms. The zero-order valence-electron chi connectivity index (χ0n) is 16.4. The molecule has 0 aliphatic carbocycles. The summed E-state index contributed by atoms with van der Waals surface area (Å²) in [5.74, 6) is 0.692. The lowest BCUT2D eigenvalue weighted by Gasteiger charge is -2.08. The first-order valence-electron chi connectivity index (χ1n) is 9.82. The number of para-hydroxylation sites is 3. The Morgan fingerprint density at radius 1 is 1.10 bits per heavy atom. The summed E-state index contributed by atoms with van der Waals surface area (Å²) in [6.07, 6.45) is 2.24. The minimum Gasteiger partial charge on any atom is -0.352 e. The number of hydrogen-bond acceptors (Lipinski definition) is 4. The molecule has 0 radical (unpaired) electrons. The topological polar surface area (TPSA) is 97.1 Å². The predicted octanol–water partition coefficient (Wildman–Crippen LogP) is 2.65. The van der Waals surface area contributed by atoms with Crippen LogP contribution in [0, 0.1) is 6.92 Å². The van der Waals surface area contributed by atoms with Gasteiger partial charge in [0.2, 0.25) is 0 Å².